The van der Waals surface area contributed by atoms with E-state index in [1.54, 1.807) is 6.92 Å². The van der Waals surface area contributed by atoms with Crippen molar-refractivity contribution in [3.8, 4) is 0 Å². The standard InChI is InChI=1S/C8H17NO5/c1-2-9-5(3-10)7(13)8(14)6(12)4-11/h5-6,8-12,14H,2-4H2,1H3/t5-,6-,8-/m1/s1. The summed E-state index contributed by atoms with van der Waals surface area (Å²) in [4.78, 5) is 11.3. The second-order valence-electron chi connectivity index (χ2n) is 2.89. The number of rotatable bonds is 7. The van der Waals surface area contributed by atoms with Gasteiger partial charge in [0, 0.05) is 0 Å². The van der Waals surface area contributed by atoms with Crippen LogP contribution in [-0.2, 0) is 4.79 Å². The van der Waals surface area contributed by atoms with Crippen LogP contribution in [0.1, 0.15) is 6.92 Å². The number of carbonyl (C=O) groups is 1. The molecule has 0 aliphatic carbocycles. The molecule has 0 rings (SSSR count). The van der Waals surface area contributed by atoms with Crippen LogP contribution in [0.2, 0.25) is 0 Å². The van der Waals surface area contributed by atoms with Gasteiger partial charge < -0.3 is 25.7 Å². The zero-order valence-electron chi connectivity index (χ0n) is 8.05. The van der Waals surface area contributed by atoms with Gasteiger partial charge in [0.25, 0.3) is 0 Å². The van der Waals surface area contributed by atoms with Gasteiger partial charge in [-0.05, 0) is 6.54 Å². The Morgan fingerprint density at radius 2 is 1.86 bits per heavy atom. The number of Topliss-reactive ketones (excluding diaryl/α,β-unsaturated/α-hetero) is 1. The van der Waals surface area contributed by atoms with Crippen LogP contribution in [0.4, 0.5) is 0 Å². The highest BCUT2D eigenvalue weighted by molar-refractivity contribution is 5.88. The second-order valence-corrected chi connectivity index (χ2v) is 2.89. The van der Waals surface area contributed by atoms with Gasteiger partial charge in [0.15, 0.2) is 5.78 Å². The highest BCUT2D eigenvalue weighted by Gasteiger charge is 2.29. The summed E-state index contributed by atoms with van der Waals surface area (Å²) in [5.74, 6) is -0.726. The molecule has 0 saturated carbocycles. The van der Waals surface area contributed by atoms with Gasteiger partial charge in [0.1, 0.15) is 12.2 Å². The maximum absolute atomic E-state index is 11.3. The Morgan fingerprint density at radius 1 is 1.29 bits per heavy atom. The number of ketones is 1. The van der Waals surface area contributed by atoms with E-state index in [1.165, 1.54) is 0 Å². The maximum atomic E-state index is 11.3. The number of likely N-dealkylation sites (N-methyl/N-ethyl adjacent to an activating group) is 1. The molecule has 5 N–H and O–H groups in total. The van der Waals surface area contributed by atoms with E-state index in [4.69, 9.17) is 15.3 Å². The van der Waals surface area contributed by atoms with Gasteiger partial charge in [-0.2, -0.15) is 0 Å². The first kappa shape index (κ1) is 13.5. The number of hydrogen-bond donors (Lipinski definition) is 5. The Kier molecular flexibility index (Phi) is 6.60. The Labute approximate surface area is 82.2 Å². The summed E-state index contributed by atoms with van der Waals surface area (Å²) in [5, 5.41) is 38.1. The largest absolute Gasteiger partial charge is 0.394 e. The minimum absolute atomic E-state index is 0.456. The third kappa shape index (κ3) is 3.69. The molecule has 3 atom stereocenters. The van der Waals surface area contributed by atoms with E-state index < -0.39 is 37.2 Å². The van der Waals surface area contributed by atoms with Crippen LogP contribution in [0.5, 0.6) is 0 Å². The topological polar surface area (TPSA) is 110 Å². The van der Waals surface area contributed by atoms with Crippen molar-refractivity contribution in [2.45, 2.75) is 25.2 Å². The number of hydrogen-bond acceptors (Lipinski definition) is 6. The lowest BCUT2D eigenvalue weighted by Crippen LogP contribution is -2.49. The molecule has 0 saturated heterocycles. The van der Waals surface area contributed by atoms with E-state index in [9.17, 15) is 9.90 Å². The molecule has 0 aromatic heterocycles. The molecule has 0 unspecified atom stereocenters. The van der Waals surface area contributed by atoms with E-state index in [-0.39, 0.29) is 0 Å². The Hall–Kier alpha value is -0.530. The van der Waals surface area contributed by atoms with Gasteiger partial charge in [-0.15, -0.1) is 0 Å². The Bertz CT molecular complexity index is 171. The summed E-state index contributed by atoms with van der Waals surface area (Å²) < 4.78 is 0. The first-order valence-corrected chi connectivity index (χ1v) is 4.43. The monoisotopic (exact) mass is 207 g/mol. The molecular formula is C8H17NO5. The predicted molar refractivity (Wildman–Crippen MR) is 48.7 cm³/mol. The van der Waals surface area contributed by atoms with Crippen molar-refractivity contribution < 1.29 is 25.2 Å². The van der Waals surface area contributed by atoms with Crippen LogP contribution in [-0.4, -0.2) is 64.2 Å². The molecule has 0 aromatic carbocycles. The fourth-order valence-corrected chi connectivity index (χ4v) is 0.997. The number of nitrogens with one attached hydrogen (secondary N) is 1. The number of aliphatic hydroxyl groups is 4. The van der Waals surface area contributed by atoms with E-state index >= 15 is 0 Å². The SMILES string of the molecule is CCN[C@H](CO)C(=O)[C@H](O)[C@H](O)CO. The van der Waals surface area contributed by atoms with Crippen molar-refractivity contribution in [3.05, 3.63) is 0 Å². The van der Waals surface area contributed by atoms with Gasteiger partial charge in [0.05, 0.1) is 19.3 Å². The van der Waals surface area contributed by atoms with E-state index in [0.717, 1.165) is 0 Å². The molecule has 0 radical (unpaired) electrons. The van der Waals surface area contributed by atoms with Crippen LogP contribution < -0.4 is 5.32 Å². The van der Waals surface area contributed by atoms with Crippen LogP contribution in [0.3, 0.4) is 0 Å². The minimum Gasteiger partial charge on any atom is -0.394 e. The zero-order valence-corrected chi connectivity index (χ0v) is 8.05. The van der Waals surface area contributed by atoms with Crippen molar-refractivity contribution >= 4 is 5.78 Å². The maximum Gasteiger partial charge on any atom is 0.183 e. The van der Waals surface area contributed by atoms with Gasteiger partial charge in [-0.3, -0.25) is 4.79 Å². The van der Waals surface area contributed by atoms with E-state index in [1.807, 2.05) is 0 Å². The van der Waals surface area contributed by atoms with E-state index in [0.29, 0.717) is 6.54 Å². The smallest absolute Gasteiger partial charge is 0.183 e. The quantitative estimate of drug-likeness (QED) is 0.309. The fraction of sp³-hybridized carbons (Fsp3) is 0.875. The lowest BCUT2D eigenvalue weighted by atomic mass is 10.0. The molecule has 14 heavy (non-hydrogen) atoms. The third-order valence-electron chi connectivity index (χ3n) is 1.82. The summed E-state index contributed by atoms with van der Waals surface area (Å²) in [6.07, 6.45) is -3.17. The highest BCUT2D eigenvalue weighted by Crippen LogP contribution is 1.98. The summed E-state index contributed by atoms with van der Waals surface area (Å²) in [6, 6.07) is -0.906. The van der Waals surface area contributed by atoms with Crippen molar-refractivity contribution in [3.63, 3.8) is 0 Å². The molecule has 0 heterocycles. The van der Waals surface area contributed by atoms with Gasteiger partial charge >= 0.3 is 0 Å². The summed E-state index contributed by atoms with van der Waals surface area (Å²) >= 11 is 0. The molecule has 84 valence electrons. The molecule has 0 aliphatic rings. The summed E-state index contributed by atoms with van der Waals surface area (Å²) in [6.45, 7) is 1.04. The molecule has 0 aliphatic heterocycles. The lowest BCUT2D eigenvalue weighted by molar-refractivity contribution is -0.137. The molecule has 0 spiro atoms. The number of carbonyl (C=O) groups excluding carboxylic acids is 1. The van der Waals surface area contributed by atoms with Crippen molar-refractivity contribution in [1.29, 1.82) is 0 Å². The molecule has 0 amide bonds. The highest BCUT2D eigenvalue weighted by atomic mass is 16.4. The van der Waals surface area contributed by atoms with Crippen LogP contribution in [0, 0.1) is 0 Å². The fourth-order valence-electron chi connectivity index (χ4n) is 0.997. The first-order valence-electron chi connectivity index (χ1n) is 4.43. The minimum atomic E-state index is -1.67. The number of aliphatic hydroxyl groups excluding tert-OH is 4. The van der Waals surface area contributed by atoms with Crippen molar-refractivity contribution in [2.24, 2.45) is 0 Å². The first-order chi connectivity index (χ1) is 6.58. The van der Waals surface area contributed by atoms with Crippen LogP contribution >= 0.6 is 0 Å². The summed E-state index contributed by atoms with van der Waals surface area (Å²) in [5.41, 5.74) is 0. The van der Waals surface area contributed by atoms with Gasteiger partial charge in [-0.25, -0.2) is 0 Å². The molecule has 0 bridgehead atoms. The molecular weight excluding hydrogens is 190 g/mol. The van der Waals surface area contributed by atoms with Crippen LogP contribution in [0.25, 0.3) is 0 Å². The Morgan fingerprint density at radius 3 is 2.21 bits per heavy atom. The molecule has 0 fully saturated rings. The molecule has 0 aromatic rings. The average Bonchev–Trinajstić information content (AvgIpc) is 2.22. The Balaban J connectivity index is 4.26. The van der Waals surface area contributed by atoms with Crippen molar-refractivity contribution in [1.82, 2.24) is 5.32 Å². The van der Waals surface area contributed by atoms with Crippen LogP contribution in [0.15, 0.2) is 0 Å². The summed E-state index contributed by atoms with van der Waals surface area (Å²) in [7, 11) is 0. The predicted octanol–water partition coefficient (Wildman–Crippen LogP) is -2.76. The van der Waals surface area contributed by atoms with Gasteiger partial charge in [-0.1, -0.05) is 6.92 Å². The molecule has 6 heteroatoms. The second kappa shape index (κ2) is 6.86. The average molecular weight is 207 g/mol. The van der Waals surface area contributed by atoms with Gasteiger partial charge in [0.2, 0.25) is 0 Å². The normalized spacial score (nSPS) is 17.5. The molecule has 6 nitrogen and oxygen atoms in total. The third-order valence-corrected chi connectivity index (χ3v) is 1.82. The van der Waals surface area contributed by atoms with Crippen molar-refractivity contribution in [2.75, 3.05) is 19.8 Å². The zero-order chi connectivity index (χ0) is 11.1. The lowest BCUT2D eigenvalue weighted by Gasteiger charge is -2.20. The van der Waals surface area contributed by atoms with E-state index in [2.05, 4.69) is 5.32 Å².